The monoisotopic (exact) mass is 721 g/mol. The van der Waals surface area contributed by atoms with Crippen molar-refractivity contribution in [3.8, 4) is 17.6 Å². The number of halogens is 5. The van der Waals surface area contributed by atoms with Gasteiger partial charge in [0.05, 0.1) is 39.4 Å². The molecule has 0 bridgehead atoms. The summed E-state index contributed by atoms with van der Waals surface area (Å²) in [5, 5.41) is 14.2. The quantitative estimate of drug-likeness (QED) is 0.161. The highest BCUT2D eigenvalue weighted by Crippen LogP contribution is 2.33. The normalized spacial score (nSPS) is 17.4. The Morgan fingerprint density at radius 2 is 1.94 bits per heavy atom. The highest BCUT2D eigenvalue weighted by Gasteiger charge is 2.38. The molecule has 4 aromatic rings. The summed E-state index contributed by atoms with van der Waals surface area (Å²) in [5.74, 6) is 4.55. The maximum atomic E-state index is 13.4. The number of aromatic nitrogens is 2. The van der Waals surface area contributed by atoms with Crippen molar-refractivity contribution in [1.82, 2.24) is 20.2 Å². The molecular formula is C32H28ClF4N5O6S. The van der Waals surface area contributed by atoms with Gasteiger partial charge in [-0.2, -0.15) is 13.2 Å². The fourth-order valence-electron chi connectivity index (χ4n) is 4.65. The number of hydrogen-bond acceptors (Lipinski definition) is 10. The van der Waals surface area contributed by atoms with Gasteiger partial charge in [0.1, 0.15) is 30.6 Å². The van der Waals surface area contributed by atoms with Crippen LogP contribution < -0.4 is 15.4 Å². The minimum absolute atomic E-state index is 0.0785. The lowest BCUT2D eigenvalue weighted by atomic mass is 10.2. The zero-order valence-electron chi connectivity index (χ0n) is 25.4. The van der Waals surface area contributed by atoms with Gasteiger partial charge in [0.15, 0.2) is 5.82 Å². The van der Waals surface area contributed by atoms with Crippen LogP contribution in [0.5, 0.6) is 5.75 Å². The Hall–Kier alpha value is -4.69. The number of anilines is 2. The summed E-state index contributed by atoms with van der Waals surface area (Å²) in [7, 11) is 0. The molecule has 3 N–H and O–H groups in total. The number of thiophene rings is 1. The van der Waals surface area contributed by atoms with Crippen LogP contribution in [0.4, 0.5) is 33.9 Å². The van der Waals surface area contributed by atoms with Crippen LogP contribution in [0, 0.1) is 17.7 Å². The first-order valence-electron chi connectivity index (χ1n) is 14.7. The summed E-state index contributed by atoms with van der Waals surface area (Å²) >= 11 is 7.96. The van der Waals surface area contributed by atoms with Gasteiger partial charge in [-0.05, 0) is 42.0 Å². The average Bonchev–Trinajstić information content (AvgIpc) is 3.71. The first-order chi connectivity index (χ1) is 23.4. The number of carbonyl (C=O) groups excluding carboxylic acids is 1. The summed E-state index contributed by atoms with van der Waals surface area (Å²) < 4.78 is 62.8. The number of aliphatic carboxylic acids is 1. The Labute approximate surface area is 286 Å². The molecule has 2 aromatic carbocycles. The van der Waals surface area contributed by atoms with E-state index in [1.165, 1.54) is 29.8 Å². The zero-order valence-corrected chi connectivity index (χ0v) is 27.0. The standard InChI is InChI=1S/C30H27ClFN5O4S.C2HF3O2/c31-25-14-22(5-7-27(25)40-17-19-2-1-3-20(32)12-19)36-29-28-26(34-18-35-29)15-24(42-28)6-4-21-13-23(16-33-21)41-30(38)37-8-10-39-11-9-37;3-2(4,5)1(6)7/h1-3,5,7,12,14-15,18,21,23,33H,8-11,13,16-17H2,(H,34,35,36);(H,6,7)/t21-,23-;/m0./s1. The SMILES string of the molecule is O=C(O)C(F)(F)F.O=C(O[C@@H]1CN[C@@H](C#Cc2cc3ncnc(Nc4ccc(OCc5cccc(F)c5)c(Cl)c4)c3s2)C1)N1CCOCC1. The zero-order chi connectivity index (χ0) is 35.0. The van der Waals surface area contributed by atoms with Crippen LogP contribution in [-0.4, -0.2) is 83.2 Å². The minimum Gasteiger partial charge on any atom is -0.487 e. The number of amides is 1. The molecule has 2 aliphatic heterocycles. The molecule has 0 aliphatic carbocycles. The number of carbonyl (C=O) groups is 2. The van der Waals surface area contributed by atoms with E-state index in [1.807, 2.05) is 12.1 Å². The number of benzene rings is 2. The Bertz CT molecular complexity index is 1860. The molecule has 258 valence electrons. The van der Waals surface area contributed by atoms with Crippen molar-refractivity contribution < 1.29 is 46.5 Å². The lowest BCUT2D eigenvalue weighted by Crippen LogP contribution is -2.42. The molecular weight excluding hydrogens is 694 g/mol. The summed E-state index contributed by atoms with van der Waals surface area (Å²) in [5.41, 5.74) is 2.22. The molecule has 11 nitrogen and oxygen atoms in total. The maximum Gasteiger partial charge on any atom is 0.490 e. The van der Waals surface area contributed by atoms with Crippen LogP contribution in [-0.2, 0) is 20.9 Å². The molecule has 0 spiro atoms. The Morgan fingerprint density at radius 3 is 2.65 bits per heavy atom. The van der Waals surface area contributed by atoms with E-state index in [-0.39, 0.29) is 30.7 Å². The predicted octanol–water partition coefficient (Wildman–Crippen LogP) is 5.99. The van der Waals surface area contributed by atoms with Crippen LogP contribution >= 0.6 is 22.9 Å². The molecule has 1 amide bonds. The Kier molecular flexibility index (Phi) is 11.7. The number of alkyl halides is 3. The van der Waals surface area contributed by atoms with Gasteiger partial charge in [-0.3, -0.25) is 5.32 Å². The molecule has 4 heterocycles. The smallest absolute Gasteiger partial charge is 0.487 e. The van der Waals surface area contributed by atoms with Crippen LogP contribution in [0.3, 0.4) is 0 Å². The van der Waals surface area contributed by atoms with Crippen LogP contribution in [0.1, 0.15) is 16.9 Å². The van der Waals surface area contributed by atoms with Crippen LogP contribution in [0.2, 0.25) is 5.02 Å². The van der Waals surface area contributed by atoms with E-state index in [4.69, 9.17) is 35.7 Å². The summed E-state index contributed by atoms with van der Waals surface area (Å²) in [6.45, 7) is 2.96. The molecule has 0 unspecified atom stereocenters. The third-order valence-electron chi connectivity index (χ3n) is 7.03. The van der Waals surface area contributed by atoms with Gasteiger partial charge < -0.3 is 29.5 Å². The van der Waals surface area contributed by atoms with E-state index >= 15 is 0 Å². The first kappa shape index (κ1) is 35.6. The lowest BCUT2D eigenvalue weighted by Gasteiger charge is -2.27. The van der Waals surface area contributed by atoms with Crippen LogP contribution in [0.15, 0.2) is 54.9 Å². The number of fused-ring (bicyclic) bond motifs is 1. The Balaban J connectivity index is 0.000000606. The molecule has 49 heavy (non-hydrogen) atoms. The van der Waals surface area contributed by atoms with E-state index in [0.29, 0.717) is 61.4 Å². The molecule has 6 rings (SSSR count). The topological polar surface area (TPSA) is 135 Å². The van der Waals surface area contributed by atoms with Crippen LogP contribution in [0.25, 0.3) is 10.2 Å². The van der Waals surface area contributed by atoms with Gasteiger partial charge in [-0.25, -0.2) is 23.9 Å². The number of nitrogens with one attached hydrogen (secondary N) is 2. The molecule has 0 saturated carbocycles. The van der Waals surface area contributed by atoms with Crippen molar-refractivity contribution >= 4 is 56.7 Å². The van der Waals surface area contributed by atoms with Crippen molar-refractivity contribution in [3.05, 3.63) is 76.1 Å². The largest absolute Gasteiger partial charge is 0.490 e. The number of hydrogen-bond donors (Lipinski definition) is 3. The third-order valence-corrected chi connectivity index (χ3v) is 8.37. The number of ether oxygens (including phenoxy) is 3. The number of carboxylic acids is 1. The number of morpholine rings is 1. The highest BCUT2D eigenvalue weighted by atomic mass is 35.5. The molecule has 2 aromatic heterocycles. The van der Waals surface area contributed by atoms with Crippen molar-refractivity contribution in [2.24, 2.45) is 0 Å². The second kappa shape index (κ2) is 16.1. The summed E-state index contributed by atoms with van der Waals surface area (Å²) in [6, 6.07) is 13.4. The summed E-state index contributed by atoms with van der Waals surface area (Å²) in [4.78, 5) is 32.6. The lowest BCUT2D eigenvalue weighted by molar-refractivity contribution is -0.192. The molecule has 2 aliphatic rings. The molecule has 0 radical (unpaired) electrons. The summed E-state index contributed by atoms with van der Waals surface area (Å²) in [6.07, 6.45) is -3.47. The van der Waals surface area contributed by atoms with E-state index in [1.54, 1.807) is 29.2 Å². The minimum atomic E-state index is -5.08. The van der Waals surface area contributed by atoms with Gasteiger partial charge in [-0.1, -0.05) is 35.6 Å². The fourth-order valence-corrected chi connectivity index (χ4v) is 5.80. The third kappa shape index (κ3) is 10.2. The van der Waals surface area contributed by atoms with Crippen molar-refractivity contribution in [2.45, 2.75) is 31.3 Å². The van der Waals surface area contributed by atoms with E-state index < -0.39 is 12.1 Å². The molecule has 2 atom stereocenters. The van der Waals surface area contributed by atoms with E-state index in [9.17, 15) is 22.4 Å². The van der Waals surface area contributed by atoms with Gasteiger partial charge in [0.25, 0.3) is 0 Å². The van der Waals surface area contributed by atoms with Gasteiger partial charge in [-0.15, -0.1) is 11.3 Å². The average molecular weight is 722 g/mol. The number of nitrogens with zero attached hydrogens (tertiary/aromatic N) is 3. The predicted molar refractivity (Wildman–Crippen MR) is 173 cm³/mol. The fraction of sp³-hybridized carbons (Fsp3) is 0.312. The van der Waals surface area contributed by atoms with Gasteiger partial charge in [0.2, 0.25) is 0 Å². The maximum absolute atomic E-state index is 13.4. The van der Waals surface area contributed by atoms with E-state index in [2.05, 4.69) is 32.4 Å². The number of rotatable bonds is 6. The van der Waals surface area contributed by atoms with Gasteiger partial charge >= 0.3 is 18.2 Å². The second-order valence-corrected chi connectivity index (χ2v) is 12.1. The molecule has 2 fully saturated rings. The van der Waals surface area contributed by atoms with E-state index in [0.717, 1.165) is 20.8 Å². The van der Waals surface area contributed by atoms with Crippen molar-refractivity contribution in [3.63, 3.8) is 0 Å². The first-order valence-corrected chi connectivity index (χ1v) is 15.9. The number of carboxylic acid groups (broad SMARTS) is 1. The van der Waals surface area contributed by atoms with Crippen molar-refractivity contribution in [1.29, 1.82) is 0 Å². The molecule has 2 saturated heterocycles. The second-order valence-electron chi connectivity index (χ2n) is 10.6. The highest BCUT2D eigenvalue weighted by molar-refractivity contribution is 7.20. The molecule has 17 heteroatoms. The van der Waals surface area contributed by atoms with Crippen molar-refractivity contribution in [2.75, 3.05) is 38.2 Å². The van der Waals surface area contributed by atoms with Gasteiger partial charge in [0, 0.05) is 31.7 Å². The Morgan fingerprint density at radius 1 is 1.16 bits per heavy atom.